The molecule has 0 aliphatic rings. The molecule has 0 bridgehead atoms. The van der Waals surface area contributed by atoms with Gasteiger partial charge in [-0.2, -0.15) is 0 Å². The second-order valence-electron chi connectivity index (χ2n) is 9.09. The Labute approximate surface area is 176 Å². The molecule has 0 radical (unpaired) electrons. The first-order valence-electron chi connectivity index (χ1n) is 10.0. The Balaban J connectivity index is 2.06. The zero-order valence-electron chi connectivity index (χ0n) is 18.3. The molecule has 0 spiro atoms. The van der Waals surface area contributed by atoms with Crippen LogP contribution < -0.4 is 25.4 Å². The molecule has 0 unspecified atom stereocenters. The van der Waals surface area contributed by atoms with Crippen LogP contribution in [-0.4, -0.2) is 11.2 Å². The monoisotopic (exact) mass is 406 g/mol. The standard InChI is InChI=1S/C26H31O2P/c1-25(2,3)27-20-12-10-16-23(18-20)29(22-14-8-7-9-15-22)24-17-11-13-21(19-24)28-26(4,5)6/h7-19H,1-6H3. The highest BCUT2D eigenvalue weighted by molar-refractivity contribution is 7.79. The van der Waals surface area contributed by atoms with Gasteiger partial charge in [-0.15, -0.1) is 0 Å². The molecule has 3 rings (SSSR count). The van der Waals surface area contributed by atoms with Crippen LogP contribution in [0.1, 0.15) is 41.5 Å². The van der Waals surface area contributed by atoms with Crippen LogP contribution in [0.4, 0.5) is 0 Å². The van der Waals surface area contributed by atoms with E-state index in [0.29, 0.717) is 0 Å². The van der Waals surface area contributed by atoms with E-state index in [-0.39, 0.29) is 11.2 Å². The van der Waals surface area contributed by atoms with Gasteiger partial charge >= 0.3 is 0 Å². The lowest BCUT2D eigenvalue weighted by Crippen LogP contribution is -2.25. The molecular weight excluding hydrogens is 375 g/mol. The van der Waals surface area contributed by atoms with Crippen LogP contribution in [-0.2, 0) is 0 Å². The fourth-order valence-corrected chi connectivity index (χ4v) is 5.45. The minimum atomic E-state index is -0.722. The van der Waals surface area contributed by atoms with Gasteiger partial charge in [-0.3, -0.25) is 0 Å². The highest BCUT2D eigenvalue weighted by atomic mass is 31.1. The number of benzene rings is 3. The molecule has 0 atom stereocenters. The first-order chi connectivity index (χ1) is 13.6. The molecule has 3 heteroatoms. The lowest BCUT2D eigenvalue weighted by molar-refractivity contribution is 0.130. The van der Waals surface area contributed by atoms with Crippen molar-refractivity contribution in [1.29, 1.82) is 0 Å². The SMILES string of the molecule is CC(C)(C)Oc1cccc(P(c2ccccc2)c2cccc(OC(C)(C)C)c2)c1. The fourth-order valence-electron chi connectivity index (χ4n) is 3.10. The smallest absolute Gasteiger partial charge is 0.120 e. The maximum absolute atomic E-state index is 6.14. The van der Waals surface area contributed by atoms with E-state index < -0.39 is 7.92 Å². The second kappa shape index (κ2) is 8.59. The van der Waals surface area contributed by atoms with E-state index >= 15 is 0 Å². The van der Waals surface area contributed by atoms with Crippen molar-refractivity contribution >= 4 is 23.8 Å². The maximum Gasteiger partial charge on any atom is 0.120 e. The van der Waals surface area contributed by atoms with Crippen molar-refractivity contribution in [3.8, 4) is 11.5 Å². The van der Waals surface area contributed by atoms with Gasteiger partial charge in [0.2, 0.25) is 0 Å². The van der Waals surface area contributed by atoms with E-state index in [4.69, 9.17) is 9.47 Å². The lowest BCUT2D eigenvalue weighted by atomic mass is 10.2. The topological polar surface area (TPSA) is 18.5 Å². The van der Waals surface area contributed by atoms with Crippen LogP contribution in [0, 0.1) is 0 Å². The molecule has 0 N–H and O–H groups in total. The van der Waals surface area contributed by atoms with Crippen LogP contribution in [0.3, 0.4) is 0 Å². The first-order valence-corrected chi connectivity index (χ1v) is 11.4. The van der Waals surface area contributed by atoms with Crippen molar-refractivity contribution in [3.05, 3.63) is 78.9 Å². The van der Waals surface area contributed by atoms with E-state index in [2.05, 4.69) is 108 Å². The van der Waals surface area contributed by atoms with Crippen molar-refractivity contribution in [1.82, 2.24) is 0 Å². The highest BCUT2D eigenvalue weighted by Gasteiger charge is 2.20. The fraction of sp³-hybridized carbons (Fsp3) is 0.308. The van der Waals surface area contributed by atoms with E-state index in [1.54, 1.807) is 0 Å². The molecule has 0 aliphatic heterocycles. The molecule has 0 fully saturated rings. The van der Waals surface area contributed by atoms with Gasteiger partial charge in [0.05, 0.1) is 0 Å². The molecule has 0 heterocycles. The van der Waals surface area contributed by atoms with Gasteiger partial charge in [-0.1, -0.05) is 54.6 Å². The van der Waals surface area contributed by atoms with Crippen molar-refractivity contribution in [2.75, 3.05) is 0 Å². The first kappa shape index (κ1) is 21.4. The third-order valence-corrected chi connectivity index (χ3v) is 6.42. The number of hydrogen-bond donors (Lipinski definition) is 0. The summed E-state index contributed by atoms with van der Waals surface area (Å²) >= 11 is 0. The Morgan fingerprint density at radius 1 is 0.517 bits per heavy atom. The predicted octanol–water partition coefficient (Wildman–Crippen LogP) is 5.80. The quantitative estimate of drug-likeness (QED) is 0.499. The zero-order valence-corrected chi connectivity index (χ0v) is 19.2. The average molecular weight is 407 g/mol. The van der Waals surface area contributed by atoms with Gasteiger partial charge in [-0.25, -0.2) is 0 Å². The van der Waals surface area contributed by atoms with Crippen molar-refractivity contribution in [3.63, 3.8) is 0 Å². The van der Waals surface area contributed by atoms with Gasteiger partial charge in [0, 0.05) is 0 Å². The summed E-state index contributed by atoms with van der Waals surface area (Å²) in [6.07, 6.45) is 0. The molecule has 0 aliphatic carbocycles. The van der Waals surface area contributed by atoms with Crippen LogP contribution >= 0.6 is 7.92 Å². The Morgan fingerprint density at radius 2 is 0.931 bits per heavy atom. The molecule has 2 nitrogen and oxygen atoms in total. The van der Waals surface area contributed by atoms with Crippen molar-refractivity contribution in [2.45, 2.75) is 52.7 Å². The van der Waals surface area contributed by atoms with Crippen LogP contribution in [0.25, 0.3) is 0 Å². The summed E-state index contributed by atoms with van der Waals surface area (Å²) in [5.41, 5.74) is -0.455. The van der Waals surface area contributed by atoms with Crippen LogP contribution in [0.15, 0.2) is 78.9 Å². The minimum Gasteiger partial charge on any atom is -0.488 e. The predicted molar refractivity (Wildman–Crippen MR) is 126 cm³/mol. The summed E-state index contributed by atoms with van der Waals surface area (Å²) in [5, 5.41) is 3.84. The Morgan fingerprint density at radius 3 is 1.34 bits per heavy atom. The van der Waals surface area contributed by atoms with Crippen molar-refractivity contribution in [2.24, 2.45) is 0 Å². The van der Waals surface area contributed by atoms with Crippen molar-refractivity contribution < 1.29 is 9.47 Å². The molecule has 0 amide bonds. The van der Waals surface area contributed by atoms with Gasteiger partial charge in [-0.05, 0) is 89.6 Å². The molecular formula is C26H31O2P. The molecule has 3 aromatic carbocycles. The molecule has 0 aromatic heterocycles. The molecule has 152 valence electrons. The molecule has 29 heavy (non-hydrogen) atoms. The summed E-state index contributed by atoms with van der Waals surface area (Å²) in [4.78, 5) is 0. The number of ether oxygens (including phenoxy) is 2. The summed E-state index contributed by atoms with van der Waals surface area (Å²) < 4.78 is 12.3. The normalized spacial score (nSPS) is 12.1. The zero-order chi connectivity index (χ0) is 21.1. The summed E-state index contributed by atoms with van der Waals surface area (Å²) in [6.45, 7) is 12.5. The van der Waals surface area contributed by atoms with Gasteiger partial charge in [0.15, 0.2) is 0 Å². The van der Waals surface area contributed by atoms with Crippen LogP contribution in [0.2, 0.25) is 0 Å². The maximum atomic E-state index is 6.14. The number of hydrogen-bond acceptors (Lipinski definition) is 2. The largest absolute Gasteiger partial charge is 0.488 e. The Kier molecular flexibility index (Phi) is 6.34. The van der Waals surface area contributed by atoms with E-state index in [1.165, 1.54) is 15.9 Å². The van der Waals surface area contributed by atoms with E-state index in [0.717, 1.165) is 11.5 Å². The van der Waals surface area contributed by atoms with E-state index in [9.17, 15) is 0 Å². The Bertz CT molecular complexity index is 877. The summed E-state index contributed by atoms with van der Waals surface area (Å²) in [6, 6.07) is 27.7. The van der Waals surface area contributed by atoms with Gasteiger partial charge in [0.1, 0.15) is 22.7 Å². The molecule has 0 saturated carbocycles. The van der Waals surface area contributed by atoms with Crippen LogP contribution in [0.5, 0.6) is 11.5 Å². The lowest BCUT2D eigenvalue weighted by Gasteiger charge is -2.25. The minimum absolute atomic E-state index is 0.228. The second-order valence-corrected chi connectivity index (χ2v) is 11.3. The third-order valence-electron chi connectivity index (χ3n) is 4.01. The average Bonchev–Trinajstić information content (AvgIpc) is 2.61. The highest BCUT2D eigenvalue weighted by Crippen LogP contribution is 2.35. The van der Waals surface area contributed by atoms with Gasteiger partial charge < -0.3 is 9.47 Å². The van der Waals surface area contributed by atoms with Gasteiger partial charge in [0.25, 0.3) is 0 Å². The number of rotatable bonds is 5. The third kappa shape index (κ3) is 6.34. The summed E-state index contributed by atoms with van der Waals surface area (Å²) in [5.74, 6) is 1.81. The summed E-state index contributed by atoms with van der Waals surface area (Å²) in [7, 11) is -0.722. The Hall–Kier alpha value is -2.31. The van der Waals surface area contributed by atoms with E-state index in [1.807, 2.05) is 12.1 Å². The molecule has 0 saturated heterocycles. The molecule has 3 aromatic rings.